The van der Waals surface area contributed by atoms with Crippen molar-refractivity contribution in [2.24, 2.45) is 0 Å². The molecule has 2 nitrogen and oxygen atoms in total. The molecule has 0 aromatic rings. The molecule has 0 radical (unpaired) electrons. The molecule has 0 amide bonds. The van der Waals surface area contributed by atoms with Crippen LogP contribution in [0.5, 0.6) is 0 Å². The lowest BCUT2D eigenvalue weighted by Crippen LogP contribution is -2.35. The summed E-state index contributed by atoms with van der Waals surface area (Å²) >= 11 is 0. The SMILES string of the molecule is COC(COCCF)C(F)(F)F. The summed E-state index contributed by atoms with van der Waals surface area (Å²) in [5, 5.41) is 0. The number of alkyl halides is 4. The van der Waals surface area contributed by atoms with E-state index in [1.54, 1.807) is 0 Å². The Balaban J connectivity index is 3.68. The molecule has 0 saturated carbocycles. The largest absolute Gasteiger partial charge is 0.416 e. The highest BCUT2D eigenvalue weighted by Gasteiger charge is 2.39. The third-order valence-electron chi connectivity index (χ3n) is 1.14. The maximum atomic E-state index is 11.8. The van der Waals surface area contributed by atoms with Gasteiger partial charge in [-0.05, 0) is 0 Å². The molecule has 0 bridgehead atoms. The van der Waals surface area contributed by atoms with Crippen molar-refractivity contribution in [2.75, 3.05) is 27.0 Å². The van der Waals surface area contributed by atoms with E-state index in [4.69, 9.17) is 0 Å². The molecule has 0 spiro atoms. The first kappa shape index (κ1) is 11.6. The third-order valence-corrected chi connectivity index (χ3v) is 1.14. The van der Waals surface area contributed by atoms with E-state index >= 15 is 0 Å². The zero-order valence-electron chi connectivity index (χ0n) is 6.53. The second-order valence-corrected chi connectivity index (χ2v) is 2.03. The maximum Gasteiger partial charge on any atom is 0.416 e. The molecule has 12 heavy (non-hydrogen) atoms. The molecule has 0 N–H and O–H groups in total. The summed E-state index contributed by atoms with van der Waals surface area (Å²) in [5.41, 5.74) is 0. The third kappa shape index (κ3) is 4.50. The molecule has 6 heteroatoms. The topological polar surface area (TPSA) is 18.5 Å². The van der Waals surface area contributed by atoms with Gasteiger partial charge in [-0.1, -0.05) is 0 Å². The summed E-state index contributed by atoms with van der Waals surface area (Å²) in [6, 6.07) is 0. The lowest BCUT2D eigenvalue weighted by atomic mass is 10.4. The summed E-state index contributed by atoms with van der Waals surface area (Å²) in [6.45, 7) is -1.80. The summed E-state index contributed by atoms with van der Waals surface area (Å²) in [5.74, 6) is 0. The van der Waals surface area contributed by atoms with Crippen molar-refractivity contribution in [3.63, 3.8) is 0 Å². The Bertz CT molecular complexity index is 115. The van der Waals surface area contributed by atoms with E-state index in [0.717, 1.165) is 7.11 Å². The fourth-order valence-corrected chi connectivity index (χ4v) is 0.541. The number of hydrogen-bond acceptors (Lipinski definition) is 2. The molecular weight excluding hydrogens is 180 g/mol. The Morgan fingerprint density at radius 2 is 1.92 bits per heavy atom. The van der Waals surface area contributed by atoms with E-state index in [2.05, 4.69) is 9.47 Å². The van der Waals surface area contributed by atoms with E-state index in [9.17, 15) is 17.6 Å². The number of rotatable bonds is 5. The van der Waals surface area contributed by atoms with Crippen molar-refractivity contribution >= 4 is 0 Å². The van der Waals surface area contributed by atoms with Crippen molar-refractivity contribution < 1.29 is 27.0 Å². The lowest BCUT2D eigenvalue weighted by molar-refractivity contribution is -0.226. The normalized spacial score (nSPS) is 14.8. The van der Waals surface area contributed by atoms with Crippen LogP contribution in [0.15, 0.2) is 0 Å². The highest BCUT2D eigenvalue weighted by molar-refractivity contribution is 4.65. The van der Waals surface area contributed by atoms with Gasteiger partial charge in [-0.15, -0.1) is 0 Å². The van der Waals surface area contributed by atoms with Gasteiger partial charge in [0.2, 0.25) is 0 Å². The molecule has 0 aliphatic heterocycles. The zero-order chi connectivity index (χ0) is 9.61. The van der Waals surface area contributed by atoms with Gasteiger partial charge in [0.1, 0.15) is 6.67 Å². The van der Waals surface area contributed by atoms with Crippen LogP contribution in [-0.4, -0.2) is 39.3 Å². The van der Waals surface area contributed by atoms with E-state index in [0.29, 0.717) is 0 Å². The van der Waals surface area contributed by atoms with Gasteiger partial charge in [0.25, 0.3) is 0 Å². The second-order valence-electron chi connectivity index (χ2n) is 2.03. The Morgan fingerprint density at radius 1 is 1.33 bits per heavy atom. The van der Waals surface area contributed by atoms with Crippen LogP contribution in [0.2, 0.25) is 0 Å². The quantitative estimate of drug-likeness (QED) is 0.483. The minimum Gasteiger partial charge on any atom is -0.376 e. The zero-order valence-corrected chi connectivity index (χ0v) is 6.53. The van der Waals surface area contributed by atoms with E-state index in [1.807, 2.05) is 0 Å². The van der Waals surface area contributed by atoms with Gasteiger partial charge in [-0.25, -0.2) is 4.39 Å². The Morgan fingerprint density at radius 3 is 2.25 bits per heavy atom. The minimum absolute atomic E-state index is 0.337. The van der Waals surface area contributed by atoms with Crippen LogP contribution in [-0.2, 0) is 9.47 Å². The molecule has 1 atom stereocenters. The van der Waals surface area contributed by atoms with Crippen molar-refractivity contribution in [3.05, 3.63) is 0 Å². The molecule has 0 saturated heterocycles. The average Bonchev–Trinajstić information content (AvgIpc) is 1.95. The van der Waals surface area contributed by atoms with E-state index in [-0.39, 0.29) is 6.61 Å². The van der Waals surface area contributed by atoms with Crippen LogP contribution in [0.3, 0.4) is 0 Å². The van der Waals surface area contributed by atoms with Crippen LogP contribution >= 0.6 is 0 Å². The lowest BCUT2D eigenvalue weighted by Gasteiger charge is -2.17. The first-order valence-corrected chi connectivity index (χ1v) is 3.25. The highest BCUT2D eigenvalue weighted by Crippen LogP contribution is 2.22. The smallest absolute Gasteiger partial charge is 0.376 e. The fourth-order valence-electron chi connectivity index (χ4n) is 0.541. The first-order valence-electron chi connectivity index (χ1n) is 3.25. The molecule has 0 heterocycles. The Labute approximate surface area is 67.5 Å². The average molecular weight is 190 g/mol. The van der Waals surface area contributed by atoms with Gasteiger partial charge < -0.3 is 9.47 Å². The highest BCUT2D eigenvalue weighted by atomic mass is 19.4. The number of methoxy groups -OCH3 is 1. The number of hydrogen-bond donors (Lipinski definition) is 0. The van der Waals surface area contributed by atoms with Crippen molar-refractivity contribution in [1.82, 2.24) is 0 Å². The predicted octanol–water partition coefficient (Wildman–Crippen LogP) is 1.55. The van der Waals surface area contributed by atoms with E-state index in [1.165, 1.54) is 0 Å². The standard InChI is InChI=1S/C6H10F4O2/c1-11-5(6(8,9)10)4-12-3-2-7/h5H,2-4H2,1H3. The van der Waals surface area contributed by atoms with E-state index < -0.39 is 25.6 Å². The number of halogens is 4. The summed E-state index contributed by atoms with van der Waals surface area (Å²) < 4.78 is 55.4. The number of ether oxygens (including phenoxy) is 2. The first-order chi connectivity index (χ1) is 5.52. The molecule has 1 unspecified atom stereocenters. The summed E-state index contributed by atoms with van der Waals surface area (Å²) in [6.07, 6.45) is -6.42. The molecule has 0 fully saturated rings. The van der Waals surface area contributed by atoms with Crippen molar-refractivity contribution in [1.29, 1.82) is 0 Å². The van der Waals surface area contributed by atoms with Crippen LogP contribution in [0.4, 0.5) is 17.6 Å². The van der Waals surface area contributed by atoms with Crippen LogP contribution in [0.1, 0.15) is 0 Å². The molecule has 74 valence electrons. The maximum absolute atomic E-state index is 11.8. The van der Waals surface area contributed by atoms with Gasteiger partial charge >= 0.3 is 6.18 Å². The summed E-state index contributed by atoms with van der Waals surface area (Å²) in [4.78, 5) is 0. The monoisotopic (exact) mass is 190 g/mol. The van der Waals surface area contributed by atoms with Gasteiger partial charge in [0.15, 0.2) is 6.10 Å². The minimum atomic E-state index is -4.45. The molecule has 0 rings (SSSR count). The Hall–Kier alpha value is -0.360. The summed E-state index contributed by atoms with van der Waals surface area (Å²) in [7, 11) is 0.928. The van der Waals surface area contributed by atoms with Crippen molar-refractivity contribution in [2.45, 2.75) is 12.3 Å². The predicted molar refractivity (Wildman–Crippen MR) is 33.6 cm³/mol. The Kier molecular flexibility index (Phi) is 5.16. The second kappa shape index (κ2) is 5.31. The molecule has 0 aromatic heterocycles. The van der Waals surface area contributed by atoms with Crippen LogP contribution in [0, 0.1) is 0 Å². The molecular formula is C6H10F4O2. The van der Waals surface area contributed by atoms with Crippen LogP contribution in [0.25, 0.3) is 0 Å². The van der Waals surface area contributed by atoms with Crippen LogP contribution < -0.4 is 0 Å². The van der Waals surface area contributed by atoms with Crippen molar-refractivity contribution in [3.8, 4) is 0 Å². The fraction of sp³-hybridized carbons (Fsp3) is 1.00. The molecule has 0 aromatic carbocycles. The van der Waals surface area contributed by atoms with Gasteiger partial charge in [-0.2, -0.15) is 13.2 Å². The van der Waals surface area contributed by atoms with Gasteiger partial charge in [-0.3, -0.25) is 0 Å². The molecule has 0 aliphatic rings. The van der Waals surface area contributed by atoms with Gasteiger partial charge in [0, 0.05) is 7.11 Å². The molecule has 0 aliphatic carbocycles. The van der Waals surface area contributed by atoms with Gasteiger partial charge in [0.05, 0.1) is 13.2 Å².